The van der Waals surface area contributed by atoms with Gasteiger partial charge in [-0.2, -0.15) is 5.26 Å². The van der Waals surface area contributed by atoms with E-state index < -0.39 is 0 Å². The van der Waals surface area contributed by atoms with Crippen molar-refractivity contribution in [2.24, 2.45) is 5.92 Å². The van der Waals surface area contributed by atoms with Crippen molar-refractivity contribution in [1.82, 2.24) is 4.90 Å². The molecule has 3 heteroatoms. The van der Waals surface area contributed by atoms with E-state index in [1.165, 1.54) is 6.42 Å². The van der Waals surface area contributed by atoms with Gasteiger partial charge in [0.2, 0.25) is 0 Å². The average Bonchev–Trinajstić information content (AvgIpc) is 2.57. The molecule has 2 atom stereocenters. The first-order valence-electron chi connectivity index (χ1n) is 4.89. The highest BCUT2D eigenvalue weighted by Gasteiger charge is 2.19. The molecule has 0 saturated carbocycles. The lowest BCUT2D eigenvalue weighted by Crippen LogP contribution is -2.33. The molecule has 1 aliphatic rings. The number of ether oxygens (including phenoxy) is 1. The Bertz CT molecular complexity index is 182. The topological polar surface area (TPSA) is 36.3 Å². The summed E-state index contributed by atoms with van der Waals surface area (Å²) in [5, 5.41) is 8.55. The van der Waals surface area contributed by atoms with E-state index in [2.05, 4.69) is 24.9 Å². The molecule has 0 amide bonds. The van der Waals surface area contributed by atoms with Crippen LogP contribution in [0.15, 0.2) is 0 Å². The average molecular weight is 182 g/mol. The summed E-state index contributed by atoms with van der Waals surface area (Å²) >= 11 is 0. The fraction of sp³-hybridized carbons (Fsp3) is 0.900. The Kier molecular flexibility index (Phi) is 4.20. The number of hydrogen-bond acceptors (Lipinski definition) is 3. The van der Waals surface area contributed by atoms with E-state index in [0.29, 0.717) is 18.4 Å². The van der Waals surface area contributed by atoms with Gasteiger partial charge >= 0.3 is 0 Å². The molecular weight excluding hydrogens is 164 g/mol. The van der Waals surface area contributed by atoms with Crippen molar-refractivity contribution in [1.29, 1.82) is 5.26 Å². The van der Waals surface area contributed by atoms with Crippen LogP contribution in [0.4, 0.5) is 0 Å². The lowest BCUT2D eigenvalue weighted by molar-refractivity contribution is 0.164. The van der Waals surface area contributed by atoms with Crippen LogP contribution < -0.4 is 0 Å². The normalized spacial score (nSPS) is 24.6. The summed E-state index contributed by atoms with van der Waals surface area (Å²) in [6.45, 7) is 4.95. The Balaban J connectivity index is 2.23. The summed E-state index contributed by atoms with van der Waals surface area (Å²) in [5.74, 6) is 0.672. The van der Waals surface area contributed by atoms with Gasteiger partial charge in [-0.15, -0.1) is 0 Å². The van der Waals surface area contributed by atoms with Crippen molar-refractivity contribution in [2.45, 2.75) is 25.8 Å². The van der Waals surface area contributed by atoms with Crippen LogP contribution in [0, 0.1) is 17.2 Å². The highest BCUT2D eigenvalue weighted by Crippen LogP contribution is 2.14. The summed E-state index contributed by atoms with van der Waals surface area (Å²) in [4.78, 5) is 2.25. The monoisotopic (exact) mass is 182 g/mol. The molecule has 0 aliphatic carbocycles. The molecule has 3 nitrogen and oxygen atoms in total. The predicted molar refractivity (Wildman–Crippen MR) is 51.2 cm³/mol. The summed E-state index contributed by atoms with van der Waals surface area (Å²) < 4.78 is 5.31. The van der Waals surface area contributed by atoms with Crippen LogP contribution in [-0.4, -0.2) is 37.7 Å². The van der Waals surface area contributed by atoms with Gasteiger partial charge in [-0.05, 0) is 26.3 Å². The molecule has 2 unspecified atom stereocenters. The Labute approximate surface area is 80.3 Å². The first-order valence-corrected chi connectivity index (χ1v) is 4.89. The van der Waals surface area contributed by atoms with Crippen molar-refractivity contribution < 1.29 is 4.74 Å². The van der Waals surface area contributed by atoms with Gasteiger partial charge in [0.25, 0.3) is 0 Å². The van der Waals surface area contributed by atoms with E-state index >= 15 is 0 Å². The van der Waals surface area contributed by atoms with Crippen molar-refractivity contribution >= 4 is 0 Å². The second-order valence-electron chi connectivity index (χ2n) is 3.88. The van der Waals surface area contributed by atoms with Crippen LogP contribution >= 0.6 is 0 Å². The van der Waals surface area contributed by atoms with Crippen molar-refractivity contribution in [3.8, 4) is 6.07 Å². The molecule has 0 N–H and O–H groups in total. The molecule has 0 aromatic rings. The number of hydrogen-bond donors (Lipinski definition) is 0. The van der Waals surface area contributed by atoms with Crippen molar-refractivity contribution in [3.05, 3.63) is 0 Å². The molecule has 0 aromatic carbocycles. The van der Waals surface area contributed by atoms with E-state index in [4.69, 9.17) is 10.00 Å². The molecule has 1 heterocycles. The van der Waals surface area contributed by atoms with E-state index in [-0.39, 0.29) is 0 Å². The molecule has 0 spiro atoms. The van der Waals surface area contributed by atoms with Gasteiger partial charge in [0.05, 0.1) is 19.1 Å². The third kappa shape index (κ3) is 3.33. The second kappa shape index (κ2) is 5.21. The minimum Gasteiger partial charge on any atom is -0.381 e. The summed E-state index contributed by atoms with van der Waals surface area (Å²) in [6.07, 6.45) is 1.79. The number of rotatable bonds is 4. The van der Waals surface area contributed by atoms with E-state index in [1.54, 1.807) is 0 Å². The van der Waals surface area contributed by atoms with Crippen LogP contribution in [0.5, 0.6) is 0 Å². The third-order valence-corrected chi connectivity index (χ3v) is 2.71. The van der Waals surface area contributed by atoms with Gasteiger partial charge in [-0.25, -0.2) is 0 Å². The lowest BCUT2D eigenvalue weighted by atomic mass is 10.1. The smallest absolute Gasteiger partial charge is 0.0638 e. The van der Waals surface area contributed by atoms with E-state index in [9.17, 15) is 0 Å². The molecule has 0 radical (unpaired) electrons. The highest BCUT2D eigenvalue weighted by molar-refractivity contribution is 4.80. The minimum absolute atomic E-state index is 0.366. The quantitative estimate of drug-likeness (QED) is 0.656. The van der Waals surface area contributed by atoms with Crippen LogP contribution in [0.2, 0.25) is 0 Å². The molecule has 1 fully saturated rings. The summed E-state index contributed by atoms with van der Waals surface area (Å²) in [5.41, 5.74) is 0. The summed E-state index contributed by atoms with van der Waals surface area (Å²) in [7, 11) is 2.08. The second-order valence-corrected chi connectivity index (χ2v) is 3.88. The molecule has 74 valence electrons. The zero-order chi connectivity index (χ0) is 9.68. The molecule has 1 aliphatic heterocycles. The first kappa shape index (κ1) is 10.5. The van der Waals surface area contributed by atoms with Gasteiger partial charge in [-0.3, -0.25) is 0 Å². The summed E-state index contributed by atoms with van der Waals surface area (Å²) in [6, 6.07) is 2.57. The molecular formula is C10H18N2O. The van der Waals surface area contributed by atoms with Crippen LogP contribution in [0.3, 0.4) is 0 Å². The van der Waals surface area contributed by atoms with Gasteiger partial charge in [0.15, 0.2) is 0 Å². The fourth-order valence-corrected chi connectivity index (χ4v) is 1.60. The maximum absolute atomic E-state index is 8.55. The minimum atomic E-state index is 0.366. The zero-order valence-corrected chi connectivity index (χ0v) is 8.49. The zero-order valence-electron chi connectivity index (χ0n) is 8.49. The van der Waals surface area contributed by atoms with Crippen molar-refractivity contribution in [3.63, 3.8) is 0 Å². The van der Waals surface area contributed by atoms with Crippen molar-refractivity contribution in [2.75, 3.05) is 26.8 Å². The van der Waals surface area contributed by atoms with Gasteiger partial charge in [0.1, 0.15) is 0 Å². The third-order valence-electron chi connectivity index (χ3n) is 2.71. The van der Waals surface area contributed by atoms with Gasteiger partial charge in [0, 0.05) is 19.2 Å². The first-order chi connectivity index (χ1) is 6.24. The molecule has 0 bridgehead atoms. The highest BCUT2D eigenvalue weighted by atomic mass is 16.5. The maximum atomic E-state index is 8.55. The Morgan fingerprint density at radius 2 is 2.46 bits per heavy atom. The SMILES string of the molecule is CC(CC#N)N(C)CC1CCOC1. The Morgan fingerprint density at radius 3 is 3.00 bits per heavy atom. The van der Waals surface area contributed by atoms with Crippen LogP contribution in [0.1, 0.15) is 19.8 Å². The number of nitriles is 1. The fourth-order valence-electron chi connectivity index (χ4n) is 1.60. The van der Waals surface area contributed by atoms with Gasteiger partial charge in [-0.1, -0.05) is 0 Å². The van der Waals surface area contributed by atoms with E-state index in [1.807, 2.05) is 0 Å². The largest absolute Gasteiger partial charge is 0.381 e. The molecule has 13 heavy (non-hydrogen) atoms. The Hall–Kier alpha value is -0.590. The van der Waals surface area contributed by atoms with Crippen LogP contribution in [0.25, 0.3) is 0 Å². The lowest BCUT2D eigenvalue weighted by Gasteiger charge is -2.24. The van der Waals surface area contributed by atoms with Crippen LogP contribution in [-0.2, 0) is 4.74 Å². The maximum Gasteiger partial charge on any atom is 0.0638 e. The van der Waals surface area contributed by atoms with Gasteiger partial charge < -0.3 is 9.64 Å². The Morgan fingerprint density at radius 1 is 1.69 bits per heavy atom. The predicted octanol–water partition coefficient (Wildman–Crippen LogP) is 1.26. The molecule has 1 saturated heterocycles. The van der Waals surface area contributed by atoms with E-state index in [0.717, 1.165) is 19.8 Å². The molecule has 1 rings (SSSR count). The molecule has 0 aromatic heterocycles. The number of nitrogens with zero attached hydrogens (tertiary/aromatic N) is 2. The standard InChI is InChI=1S/C10H18N2O/c1-9(3-5-11)12(2)7-10-4-6-13-8-10/h9-10H,3-4,6-8H2,1-2H3.